The summed E-state index contributed by atoms with van der Waals surface area (Å²) in [6.45, 7) is 4.46. The summed E-state index contributed by atoms with van der Waals surface area (Å²) in [6.07, 6.45) is 6.61. The van der Waals surface area contributed by atoms with Crippen molar-refractivity contribution in [1.82, 2.24) is 10.6 Å². The smallest absolute Gasteiger partial charge is 0.339 e. The van der Waals surface area contributed by atoms with E-state index >= 15 is 0 Å². The van der Waals surface area contributed by atoms with Gasteiger partial charge in [-0.25, -0.2) is 9.59 Å². The monoisotopic (exact) mass is 777 g/mol. The molecule has 0 aromatic rings. The maximum Gasteiger partial charge on any atom is 0.339 e. The van der Waals surface area contributed by atoms with Gasteiger partial charge in [-0.2, -0.15) is 0 Å². The Hall–Kier alpha value is -1.68. The lowest BCUT2D eigenvalue weighted by molar-refractivity contribution is -0.241. The van der Waals surface area contributed by atoms with E-state index < -0.39 is 64.4 Å². The largest absolute Gasteiger partial charge is 0.453 e. The number of hydrogen-bond acceptors (Lipinski definition) is 11. The molecule has 0 aromatic carbocycles. The topological polar surface area (TPSA) is 193 Å². The van der Waals surface area contributed by atoms with Crippen LogP contribution in [-0.2, 0) is 38.1 Å². The normalized spacial score (nSPS) is 44.5. The minimum Gasteiger partial charge on any atom is -0.453 e. The number of ether oxygens (including phenoxy) is 4. The number of esters is 2. The van der Waals surface area contributed by atoms with E-state index in [-0.39, 0.29) is 56.6 Å². The second-order valence-corrected chi connectivity index (χ2v) is 15.8. The Labute approximate surface area is 318 Å². The highest BCUT2D eigenvalue weighted by Gasteiger charge is 2.81. The predicted octanol–water partition coefficient (Wildman–Crippen LogP) is 1.43. The summed E-state index contributed by atoms with van der Waals surface area (Å²) >= 11 is 11.5. The number of epoxide rings is 1. The first-order valence-corrected chi connectivity index (χ1v) is 18.7. The second kappa shape index (κ2) is 16.2. The van der Waals surface area contributed by atoms with Gasteiger partial charge < -0.3 is 44.9 Å². The number of fused-ring (bicyclic) bond motifs is 3. The van der Waals surface area contributed by atoms with Crippen LogP contribution >= 0.6 is 23.2 Å². The highest BCUT2D eigenvalue weighted by Crippen LogP contribution is 2.56. The molecule has 0 aromatic heterocycles. The standard InChI is InChI=1S/C15H20ClNO5.C15H22ClNO5.C4H10BO.2CH4/c1-14-8(5-6-16)12(19)17-15(14,13(20)22-14)11(18)7-3-2-4-9-10(7)21-9;1-14-10(5-6-16)12(20)17-15(14,13(21)22-14)11(19)8-3-2-4-9(18)7-8;5-4-2-1-3-6-4;;/h7-11,18H,2-6H2,1H3,(H,17,19);8-11,18-19H,2-7H2,1H3,(H,17,20);4H,1-3H2,5H3;2*1H4/q;;-1;;/t7-,8-,9?,10?,11-,14-,15-;8-,9?,10-,11-,14-,15-;;;/m00.../s1. The first-order chi connectivity index (χ1) is 23.7. The van der Waals surface area contributed by atoms with Crippen LogP contribution in [-0.4, -0.2) is 124 Å². The van der Waals surface area contributed by atoms with Crippen molar-refractivity contribution in [3.05, 3.63) is 0 Å². The lowest BCUT2D eigenvalue weighted by atomic mass is 9.63. The second-order valence-electron chi connectivity index (χ2n) is 15.0. The molecule has 298 valence electrons. The van der Waals surface area contributed by atoms with Crippen molar-refractivity contribution in [3.63, 3.8) is 0 Å². The third kappa shape index (κ3) is 6.68. The highest BCUT2D eigenvalue weighted by atomic mass is 35.5. The number of rotatable bonds is 8. The number of nitrogens with one attached hydrogen (secondary N) is 2. The number of halogens is 2. The molecule has 6 aliphatic heterocycles. The molecule has 6 heterocycles. The highest BCUT2D eigenvalue weighted by molar-refractivity contribution is 6.18. The molecule has 8 aliphatic rings. The molecule has 0 spiro atoms. The average Bonchev–Trinajstić information content (AvgIpc) is 3.64. The van der Waals surface area contributed by atoms with Crippen LogP contribution in [0.4, 0.5) is 0 Å². The third-order valence-corrected chi connectivity index (χ3v) is 12.9. The van der Waals surface area contributed by atoms with E-state index in [1.54, 1.807) is 13.8 Å². The molecule has 0 radical (unpaired) electrons. The van der Waals surface area contributed by atoms with E-state index in [0.717, 1.165) is 44.7 Å². The SMILES string of the molecule is C.C.C[C@@]12OC(=O)[C@]1([C@@H](O)[C@H]1CCCC(O)C1)NC(=O)[C@@H]2CCCl.C[C@@]12OC(=O)[C@]1([C@@H](O)[C@H]1CCCC3OC31)NC(=O)[C@@H]2CCCl.[BH3-]C1CCCO1. The maximum absolute atomic E-state index is 12.3. The van der Waals surface area contributed by atoms with Crippen LogP contribution in [0.5, 0.6) is 0 Å². The molecule has 2 amide bonds. The minimum absolute atomic E-state index is 0. The van der Waals surface area contributed by atoms with Gasteiger partial charge >= 0.3 is 11.9 Å². The van der Waals surface area contributed by atoms with Gasteiger partial charge in [-0.05, 0) is 79.0 Å². The van der Waals surface area contributed by atoms with Crippen molar-refractivity contribution in [2.45, 2.75) is 158 Å². The summed E-state index contributed by atoms with van der Waals surface area (Å²) in [7, 11) is 0.521. The number of carbonyl (C=O) groups is 4. The molecular formula is C36H60BCl2N2O11-. The molecule has 2 saturated carbocycles. The number of amides is 2. The van der Waals surface area contributed by atoms with Crippen molar-refractivity contribution in [1.29, 1.82) is 0 Å². The molecule has 6 saturated heterocycles. The van der Waals surface area contributed by atoms with E-state index in [0.29, 0.717) is 39.4 Å². The van der Waals surface area contributed by atoms with Gasteiger partial charge in [-0.3, -0.25) is 9.59 Å². The van der Waals surface area contributed by atoms with Gasteiger partial charge in [0, 0.05) is 24.3 Å². The van der Waals surface area contributed by atoms with E-state index in [1.165, 1.54) is 12.8 Å². The van der Waals surface area contributed by atoms with Crippen LogP contribution in [0.1, 0.15) is 99.3 Å². The fourth-order valence-corrected chi connectivity index (χ4v) is 9.97. The zero-order chi connectivity index (χ0) is 36.2. The zero-order valence-electron chi connectivity index (χ0n) is 28.0. The number of hydrogen-bond donors (Lipinski definition) is 5. The number of aliphatic hydroxyl groups excluding tert-OH is 3. The van der Waals surface area contributed by atoms with Crippen molar-refractivity contribution < 1.29 is 53.4 Å². The van der Waals surface area contributed by atoms with Crippen LogP contribution in [0.25, 0.3) is 0 Å². The van der Waals surface area contributed by atoms with Gasteiger partial charge in [0.05, 0.1) is 42.4 Å². The zero-order valence-corrected chi connectivity index (χ0v) is 29.5. The van der Waals surface area contributed by atoms with E-state index in [1.807, 2.05) is 0 Å². The lowest BCUT2D eigenvalue weighted by Gasteiger charge is -2.55. The fourth-order valence-electron chi connectivity index (χ4n) is 9.53. The Morgan fingerprint density at radius 1 is 0.808 bits per heavy atom. The molecule has 52 heavy (non-hydrogen) atoms. The Morgan fingerprint density at radius 2 is 1.35 bits per heavy atom. The van der Waals surface area contributed by atoms with Crippen LogP contribution in [0, 0.1) is 23.7 Å². The maximum atomic E-state index is 12.3. The first kappa shape index (κ1) is 43.1. The van der Waals surface area contributed by atoms with Gasteiger partial charge in [0.1, 0.15) is 0 Å². The minimum atomic E-state index is -1.40. The van der Waals surface area contributed by atoms with Crippen LogP contribution < -0.4 is 10.6 Å². The molecule has 16 heteroatoms. The Balaban J connectivity index is 0.000000194. The number of alkyl halides is 2. The quantitative estimate of drug-likeness (QED) is 0.104. The lowest BCUT2D eigenvalue weighted by Crippen LogP contribution is -2.80. The predicted molar refractivity (Wildman–Crippen MR) is 197 cm³/mol. The molecule has 4 unspecified atom stereocenters. The summed E-state index contributed by atoms with van der Waals surface area (Å²) < 4.78 is 21.6. The Bertz CT molecular complexity index is 1340. The summed E-state index contributed by atoms with van der Waals surface area (Å²) in [5, 5.41) is 37.1. The van der Waals surface area contributed by atoms with Gasteiger partial charge in [0.25, 0.3) is 0 Å². The van der Waals surface area contributed by atoms with Crippen LogP contribution in [0.15, 0.2) is 0 Å². The van der Waals surface area contributed by atoms with Gasteiger partial charge in [0.15, 0.2) is 11.2 Å². The van der Waals surface area contributed by atoms with Crippen molar-refractivity contribution >= 4 is 54.8 Å². The van der Waals surface area contributed by atoms with Gasteiger partial charge in [-0.15, -0.1) is 23.2 Å². The van der Waals surface area contributed by atoms with E-state index in [4.69, 9.17) is 42.1 Å². The summed E-state index contributed by atoms with van der Waals surface area (Å²) in [6, 6.07) is 0.796. The van der Waals surface area contributed by atoms with E-state index in [9.17, 15) is 34.5 Å². The summed E-state index contributed by atoms with van der Waals surface area (Å²) in [5.74, 6) is -2.56. The van der Waals surface area contributed by atoms with Gasteiger partial charge in [0.2, 0.25) is 22.9 Å². The molecule has 8 fully saturated rings. The molecule has 13 nitrogen and oxygen atoms in total. The van der Waals surface area contributed by atoms with Crippen molar-refractivity contribution in [2.24, 2.45) is 23.7 Å². The summed E-state index contributed by atoms with van der Waals surface area (Å²) in [5.41, 5.74) is -4.85. The molecule has 5 N–H and O–H groups in total. The fraction of sp³-hybridized carbons (Fsp3) is 0.889. The van der Waals surface area contributed by atoms with Crippen molar-refractivity contribution in [3.8, 4) is 0 Å². The Morgan fingerprint density at radius 3 is 1.79 bits per heavy atom. The van der Waals surface area contributed by atoms with Crippen LogP contribution in [0.2, 0.25) is 0 Å². The Kier molecular flexibility index (Phi) is 13.4. The summed E-state index contributed by atoms with van der Waals surface area (Å²) in [4.78, 5) is 49.1. The van der Waals surface area contributed by atoms with Gasteiger partial charge in [-0.1, -0.05) is 40.1 Å². The number of aliphatic hydroxyl groups is 3. The number of carbonyl (C=O) groups excluding carboxylic acids is 4. The average molecular weight is 779 g/mol. The molecule has 2 aliphatic carbocycles. The third-order valence-electron chi connectivity index (χ3n) is 12.4. The first-order valence-electron chi connectivity index (χ1n) is 17.7. The molecule has 8 rings (SSSR count). The van der Waals surface area contributed by atoms with Crippen LogP contribution in [0.3, 0.4) is 0 Å². The van der Waals surface area contributed by atoms with Crippen molar-refractivity contribution in [2.75, 3.05) is 18.4 Å². The molecular weight excluding hydrogens is 718 g/mol. The molecule has 14 atom stereocenters. The van der Waals surface area contributed by atoms with E-state index in [2.05, 4.69) is 10.6 Å². The molecule has 0 bridgehead atoms.